The molecule has 0 atom stereocenters. The number of nitrogens with one attached hydrogen (secondary N) is 3. The van der Waals surface area contributed by atoms with Crippen molar-refractivity contribution in [2.45, 2.75) is 26.3 Å². The van der Waals surface area contributed by atoms with Gasteiger partial charge < -0.3 is 15.0 Å². The Labute approximate surface area is 247 Å². The standard InChI is InChI=1S/C32H32FN9O/c1-2-34-16-20-11-22(18-35-17-20)27-15-26-28(19-37-27)40-41-30(26)32-38-29-25(5-6-36-31(29)39-32)21-12-23(33)14-24(13-21)43-10-9-42-7-3-4-8-42/h5-6,11-15,17-19,34H,2-4,7-10,16H2,1H3,(H,40,41)(H,36,38,39). The van der Waals surface area contributed by atoms with Gasteiger partial charge in [-0.15, -0.1) is 0 Å². The second kappa shape index (κ2) is 11.9. The van der Waals surface area contributed by atoms with E-state index >= 15 is 0 Å². The van der Waals surface area contributed by atoms with E-state index in [0.717, 1.165) is 66.0 Å². The van der Waals surface area contributed by atoms with Gasteiger partial charge in [-0.2, -0.15) is 5.10 Å². The molecule has 10 nitrogen and oxygen atoms in total. The maximum atomic E-state index is 14.7. The summed E-state index contributed by atoms with van der Waals surface area (Å²) in [6.07, 6.45) is 9.57. The summed E-state index contributed by atoms with van der Waals surface area (Å²) in [5.74, 6) is 0.685. The predicted octanol–water partition coefficient (Wildman–Crippen LogP) is 5.35. The third-order valence-corrected chi connectivity index (χ3v) is 7.78. The number of nitrogens with zero attached hydrogens (tertiary/aromatic N) is 6. The van der Waals surface area contributed by atoms with E-state index in [9.17, 15) is 4.39 Å². The van der Waals surface area contributed by atoms with E-state index in [1.165, 1.54) is 25.0 Å². The van der Waals surface area contributed by atoms with E-state index in [4.69, 9.17) is 9.72 Å². The molecule has 1 aliphatic rings. The lowest BCUT2D eigenvalue weighted by Crippen LogP contribution is -2.25. The van der Waals surface area contributed by atoms with E-state index in [1.54, 1.807) is 12.4 Å². The minimum absolute atomic E-state index is 0.364. The minimum atomic E-state index is -0.364. The van der Waals surface area contributed by atoms with Crippen molar-refractivity contribution < 1.29 is 9.13 Å². The topological polar surface area (TPSA) is 121 Å². The fourth-order valence-electron chi connectivity index (χ4n) is 5.60. The Morgan fingerprint density at radius 2 is 1.93 bits per heavy atom. The van der Waals surface area contributed by atoms with Crippen LogP contribution < -0.4 is 10.1 Å². The number of aromatic amines is 2. The van der Waals surface area contributed by atoms with Crippen molar-refractivity contribution in [3.63, 3.8) is 0 Å². The molecule has 11 heteroatoms. The van der Waals surface area contributed by atoms with Crippen molar-refractivity contribution in [2.24, 2.45) is 0 Å². The molecule has 1 fully saturated rings. The summed E-state index contributed by atoms with van der Waals surface area (Å²) >= 11 is 0. The average molecular weight is 578 g/mol. The van der Waals surface area contributed by atoms with Crippen molar-refractivity contribution >= 4 is 22.1 Å². The first-order valence-electron chi connectivity index (χ1n) is 14.6. The van der Waals surface area contributed by atoms with E-state index in [2.05, 4.69) is 53.3 Å². The first-order chi connectivity index (χ1) is 21.1. The second-order valence-corrected chi connectivity index (χ2v) is 10.8. The Kier molecular flexibility index (Phi) is 7.48. The van der Waals surface area contributed by atoms with Gasteiger partial charge >= 0.3 is 0 Å². The van der Waals surface area contributed by atoms with Crippen LogP contribution in [0.25, 0.3) is 56.0 Å². The number of H-pyrrole nitrogens is 2. The highest BCUT2D eigenvalue weighted by molar-refractivity contribution is 5.96. The minimum Gasteiger partial charge on any atom is -0.492 e. The molecule has 218 valence electrons. The van der Waals surface area contributed by atoms with Crippen LogP contribution in [0.4, 0.5) is 4.39 Å². The lowest BCUT2D eigenvalue weighted by Gasteiger charge is -2.15. The quantitative estimate of drug-likeness (QED) is 0.199. The summed E-state index contributed by atoms with van der Waals surface area (Å²) in [6.45, 7) is 7.24. The number of ether oxygens (including phenoxy) is 1. The molecule has 0 aliphatic carbocycles. The number of imidazole rings is 1. The highest BCUT2D eigenvalue weighted by Gasteiger charge is 2.18. The highest BCUT2D eigenvalue weighted by atomic mass is 19.1. The monoisotopic (exact) mass is 577 g/mol. The fourth-order valence-corrected chi connectivity index (χ4v) is 5.60. The van der Waals surface area contributed by atoms with Crippen LogP contribution in [0.15, 0.2) is 61.2 Å². The number of rotatable bonds is 10. The normalized spacial score (nSPS) is 13.8. The molecular weight excluding hydrogens is 545 g/mol. The number of fused-ring (bicyclic) bond motifs is 2. The van der Waals surface area contributed by atoms with Gasteiger partial charge in [-0.1, -0.05) is 6.92 Å². The van der Waals surface area contributed by atoms with Crippen LogP contribution >= 0.6 is 0 Å². The summed E-state index contributed by atoms with van der Waals surface area (Å²) in [7, 11) is 0. The summed E-state index contributed by atoms with van der Waals surface area (Å²) in [5, 5.41) is 11.8. The molecule has 0 spiro atoms. The SMILES string of the molecule is CCNCc1cncc(-c2cc3c(-c4nc5c(-c6cc(F)cc(OCCN7CCCC7)c6)ccnc5[nH]4)n[nH]c3cn2)c1. The van der Waals surface area contributed by atoms with E-state index in [0.29, 0.717) is 40.6 Å². The number of hydrogen-bond acceptors (Lipinski definition) is 8. The van der Waals surface area contributed by atoms with E-state index < -0.39 is 0 Å². The summed E-state index contributed by atoms with van der Waals surface area (Å²) in [6, 6.07) is 10.7. The van der Waals surface area contributed by atoms with Gasteiger partial charge in [0.05, 0.1) is 17.4 Å². The molecule has 0 amide bonds. The zero-order chi connectivity index (χ0) is 29.2. The van der Waals surface area contributed by atoms with Crippen LogP contribution in [-0.4, -0.2) is 72.8 Å². The molecule has 0 unspecified atom stereocenters. The molecule has 43 heavy (non-hydrogen) atoms. The zero-order valence-electron chi connectivity index (χ0n) is 23.9. The van der Waals surface area contributed by atoms with Crippen molar-refractivity contribution in [3.05, 3.63) is 72.6 Å². The molecule has 1 saturated heterocycles. The van der Waals surface area contributed by atoms with E-state index in [-0.39, 0.29) is 5.82 Å². The smallest absolute Gasteiger partial charge is 0.160 e. The van der Waals surface area contributed by atoms with Crippen molar-refractivity contribution in [2.75, 3.05) is 32.8 Å². The Morgan fingerprint density at radius 1 is 1.02 bits per heavy atom. The van der Waals surface area contributed by atoms with Gasteiger partial charge in [0.1, 0.15) is 29.4 Å². The van der Waals surface area contributed by atoms with Gasteiger partial charge in [0.15, 0.2) is 11.5 Å². The number of hydrogen-bond donors (Lipinski definition) is 3. The molecule has 3 N–H and O–H groups in total. The Balaban J connectivity index is 1.20. The molecule has 0 bridgehead atoms. The van der Waals surface area contributed by atoms with Crippen molar-refractivity contribution in [1.82, 2.24) is 45.3 Å². The third-order valence-electron chi connectivity index (χ3n) is 7.78. The maximum Gasteiger partial charge on any atom is 0.160 e. The summed E-state index contributed by atoms with van der Waals surface area (Å²) < 4.78 is 20.7. The molecule has 1 aliphatic heterocycles. The highest BCUT2D eigenvalue weighted by Crippen LogP contribution is 2.33. The van der Waals surface area contributed by atoms with Gasteiger partial charge in [0.25, 0.3) is 0 Å². The number of pyridine rings is 3. The van der Waals surface area contributed by atoms with Gasteiger partial charge in [0.2, 0.25) is 0 Å². The first kappa shape index (κ1) is 27.1. The Morgan fingerprint density at radius 3 is 2.81 bits per heavy atom. The number of halogens is 1. The lowest BCUT2D eigenvalue weighted by molar-refractivity contribution is 0.237. The molecular formula is C32H32FN9O. The summed E-state index contributed by atoms with van der Waals surface area (Å²) in [5.41, 5.74) is 6.84. The van der Waals surface area contributed by atoms with Crippen LogP contribution in [0.5, 0.6) is 5.75 Å². The lowest BCUT2D eigenvalue weighted by atomic mass is 10.1. The van der Waals surface area contributed by atoms with E-state index in [1.807, 2.05) is 30.6 Å². The molecule has 5 aromatic heterocycles. The Bertz CT molecular complexity index is 1890. The van der Waals surface area contributed by atoms with Gasteiger partial charge in [0, 0.05) is 54.3 Å². The first-order valence-corrected chi connectivity index (χ1v) is 14.6. The molecule has 0 saturated carbocycles. The molecule has 0 radical (unpaired) electrons. The van der Waals surface area contributed by atoms with Crippen molar-refractivity contribution in [1.29, 1.82) is 0 Å². The predicted molar refractivity (Wildman–Crippen MR) is 164 cm³/mol. The van der Waals surface area contributed by atoms with Crippen molar-refractivity contribution in [3.8, 4) is 39.7 Å². The largest absolute Gasteiger partial charge is 0.492 e. The average Bonchev–Trinajstić information content (AvgIpc) is 3.79. The van der Waals surface area contributed by atoms with Crippen LogP contribution in [-0.2, 0) is 6.54 Å². The number of benzene rings is 1. The Hall–Kier alpha value is -4.74. The van der Waals surface area contributed by atoms with Crippen LogP contribution in [0, 0.1) is 5.82 Å². The number of likely N-dealkylation sites (tertiary alicyclic amines) is 1. The molecule has 1 aromatic carbocycles. The molecule has 7 rings (SSSR count). The van der Waals surface area contributed by atoms with Gasteiger partial charge in [-0.3, -0.25) is 20.0 Å². The molecule has 6 aromatic rings. The van der Waals surface area contributed by atoms with Crippen LogP contribution in [0.1, 0.15) is 25.3 Å². The second-order valence-electron chi connectivity index (χ2n) is 10.8. The zero-order valence-corrected chi connectivity index (χ0v) is 23.9. The number of aromatic nitrogens is 7. The fraction of sp³-hybridized carbons (Fsp3) is 0.281. The molecule has 6 heterocycles. The van der Waals surface area contributed by atoms with Crippen LogP contribution in [0.3, 0.4) is 0 Å². The summed E-state index contributed by atoms with van der Waals surface area (Å²) in [4.78, 5) is 24.1. The third kappa shape index (κ3) is 5.69. The van der Waals surface area contributed by atoms with Gasteiger partial charge in [-0.05, 0) is 73.9 Å². The van der Waals surface area contributed by atoms with Crippen LogP contribution in [0.2, 0.25) is 0 Å². The maximum absolute atomic E-state index is 14.7. The van der Waals surface area contributed by atoms with Gasteiger partial charge in [-0.25, -0.2) is 14.4 Å².